The van der Waals surface area contributed by atoms with E-state index in [1.54, 1.807) is 6.07 Å². The number of fused-ring (bicyclic) bond motifs is 1. The van der Waals surface area contributed by atoms with Gasteiger partial charge in [0.2, 0.25) is 0 Å². The number of likely N-dealkylation sites (tertiary alicyclic amines) is 1. The lowest BCUT2D eigenvalue weighted by molar-refractivity contribution is -0.138. The molecule has 2 aromatic carbocycles. The molecule has 1 aliphatic carbocycles. The number of carboxylic acids is 1. The SMILES string of the molecule is CC1CCC(Oc2ccc3cc(CCN4CCCC(CC(=O)O)C4)ccc3c2C(F)F)CC1. The lowest BCUT2D eigenvalue weighted by atomic mass is 9.89. The van der Waals surface area contributed by atoms with Gasteiger partial charge in [0, 0.05) is 19.5 Å². The summed E-state index contributed by atoms with van der Waals surface area (Å²) in [6, 6.07) is 9.37. The number of aliphatic carboxylic acids is 1. The number of alkyl halides is 2. The van der Waals surface area contributed by atoms with Crippen LogP contribution in [0.2, 0.25) is 0 Å². The monoisotopic (exact) mass is 459 g/mol. The largest absolute Gasteiger partial charge is 0.490 e. The van der Waals surface area contributed by atoms with Gasteiger partial charge < -0.3 is 14.7 Å². The van der Waals surface area contributed by atoms with Crippen LogP contribution in [0.1, 0.15) is 69.4 Å². The molecule has 1 unspecified atom stereocenters. The molecule has 1 aliphatic heterocycles. The summed E-state index contributed by atoms with van der Waals surface area (Å²) in [6.45, 7) is 4.88. The highest BCUT2D eigenvalue weighted by Gasteiger charge is 2.25. The predicted octanol–water partition coefficient (Wildman–Crippen LogP) is 6.46. The molecule has 1 saturated carbocycles. The standard InChI is InChI=1S/C27H35F2NO3/c1-18-4-8-22(9-5-18)33-24-11-7-21-15-19(6-10-23(21)26(24)27(28)29)12-14-30-13-2-3-20(17-30)16-25(31)32/h6-7,10-11,15,18,20,22,27H,2-5,8-9,12-14,16-17H2,1H3,(H,31,32). The highest BCUT2D eigenvalue weighted by molar-refractivity contribution is 5.88. The van der Waals surface area contributed by atoms with E-state index in [2.05, 4.69) is 11.8 Å². The topological polar surface area (TPSA) is 49.8 Å². The van der Waals surface area contributed by atoms with Crippen molar-refractivity contribution in [2.45, 2.75) is 70.8 Å². The van der Waals surface area contributed by atoms with E-state index in [0.29, 0.717) is 17.1 Å². The van der Waals surface area contributed by atoms with Gasteiger partial charge in [0.25, 0.3) is 6.43 Å². The van der Waals surface area contributed by atoms with Crippen LogP contribution in [0, 0.1) is 11.8 Å². The molecule has 0 amide bonds. The van der Waals surface area contributed by atoms with Crippen molar-refractivity contribution in [3.05, 3.63) is 41.5 Å². The Bertz CT molecular complexity index is 956. The third-order valence-electron chi connectivity index (χ3n) is 7.34. The maximum Gasteiger partial charge on any atom is 0.303 e. The normalized spacial score (nSPS) is 24.3. The fourth-order valence-corrected chi connectivity index (χ4v) is 5.45. The number of carboxylic acid groups (broad SMARTS) is 1. The molecule has 2 aliphatic rings. The summed E-state index contributed by atoms with van der Waals surface area (Å²) in [5.74, 6) is 0.491. The Labute approximate surface area is 194 Å². The average Bonchev–Trinajstić information content (AvgIpc) is 2.78. The molecule has 1 atom stereocenters. The van der Waals surface area contributed by atoms with Crippen LogP contribution < -0.4 is 4.74 Å². The molecule has 1 N–H and O–H groups in total. The van der Waals surface area contributed by atoms with Crippen molar-refractivity contribution in [3.63, 3.8) is 0 Å². The predicted molar refractivity (Wildman–Crippen MR) is 126 cm³/mol. The second-order valence-electron chi connectivity index (χ2n) is 9.99. The van der Waals surface area contributed by atoms with Crippen LogP contribution in [0.4, 0.5) is 8.78 Å². The van der Waals surface area contributed by atoms with Gasteiger partial charge in [-0.25, -0.2) is 8.78 Å². The van der Waals surface area contributed by atoms with Crippen LogP contribution in [-0.2, 0) is 11.2 Å². The van der Waals surface area contributed by atoms with Gasteiger partial charge in [0.05, 0.1) is 11.7 Å². The van der Waals surface area contributed by atoms with Gasteiger partial charge in [-0.2, -0.15) is 0 Å². The summed E-state index contributed by atoms with van der Waals surface area (Å²) >= 11 is 0. The van der Waals surface area contributed by atoms with Crippen molar-refractivity contribution in [3.8, 4) is 5.75 Å². The quantitative estimate of drug-likeness (QED) is 0.492. The number of carbonyl (C=O) groups is 1. The van der Waals surface area contributed by atoms with E-state index in [-0.39, 0.29) is 24.0 Å². The Morgan fingerprint density at radius 3 is 2.67 bits per heavy atom. The molecule has 4 rings (SSSR count). The van der Waals surface area contributed by atoms with Gasteiger partial charge in [0.1, 0.15) is 5.75 Å². The first-order valence-electron chi connectivity index (χ1n) is 12.3. The minimum Gasteiger partial charge on any atom is -0.490 e. The van der Waals surface area contributed by atoms with Crippen LogP contribution in [0.5, 0.6) is 5.75 Å². The number of benzene rings is 2. The molecule has 2 fully saturated rings. The zero-order valence-electron chi connectivity index (χ0n) is 19.4. The van der Waals surface area contributed by atoms with Crippen molar-refractivity contribution in [2.24, 2.45) is 11.8 Å². The molecule has 0 spiro atoms. The summed E-state index contributed by atoms with van der Waals surface area (Å²) in [4.78, 5) is 13.3. The first-order valence-corrected chi connectivity index (χ1v) is 12.3. The zero-order chi connectivity index (χ0) is 23.4. The van der Waals surface area contributed by atoms with Crippen LogP contribution in [0.3, 0.4) is 0 Å². The lowest BCUT2D eigenvalue weighted by Gasteiger charge is -2.32. The Kier molecular flexibility index (Phi) is 7.84. The molecule has 0 bridgehead atoms. The Morgan fingerprint density at radius 2 is 1.94 bits per heavy atom. The number of ether oxygens (including phenoxy) is 1. The van der Waals surface area contributed by atoms with Crippen molar-refractivity contribution >= 4 is 16.7 Å². The highest BCUT2D eigenvalue weighted by atomic mass is 19.3. The van der Waals surface area contributed by atoms with Gasteiger partial charge in [-0.3, -0.25) is 4.79 Å². The maximum absolute atomic E-state index is 14.1. The summed E-state index contributed by atoms with van der Waals surface area (Å²) in [7, 11) is 0. The molecule has 0 aromatic heterocycles. The van der Waals surface area contributed by atoms with E-state index in [1.165, 1.54) is 0 Å². The number of hydrogen-bond acceptors (Lipinski definition) is 3. The van der Waals surface area contributed by atoms with E-state index in [1.807, 2.05) is 24.3 Å². The first kappa shape index (κ1) is 23.9. The van der Waals surface area contributed by atoms with E-state index >= 15 is 0 Å². The average molecular weight is 460 g/mol. The lowest BCUT2D eigenvalue weighted by Crippen LogP contribution is -2.37. The van der Waals surface area contributed by atoms with Crippen molar-refractivity contribution in [2.75, 3.05) is 19.6 Å². The van der Waals surface area contributed by atoms with Crippen LogP contribution in [0.15, 0.2) is 30.3 Å². The Hall–Kier alpha value is -2.21. The number of rotatable bonds is 8. The summed E-state index contributed by atoms with van der Waals surface area (Å²) in [6.07, 6.45) is 4.48. The molecule has 6 heteroatoms. The summed E-state index contributed by atoms with van der Waals surface area (Å²) in [5.41, 5.74) is 1.11. The second-order valence-corrected chi connectivity index (χ2v) is 9.99. The maximum atomic E-state index is 14.1. The molecule has 4 nitrogen and oxygen atoms in total. The number of hydrogen-bond donors (Lipinski definition) is 1. The van der Waals surface area contributed by atoms with E-state index < -0.39 is 12.4 Å². The second kappa shape index (κ2) is 10.8. The highest BCUT2D eigenvalue weighted by Crippen LogP contribution is 2.38. The van der Waals surface area contributed by atoms with Gasteiger partial charge in [-0.05, 0) is 85.7 Å². The minimum atomic E-state index is -2.59. The fraction of sp³-hybridized carbons (Fsp3) is 0.593. The van der Waals surface area contributed by atoms with Crippen molar-refractivity contribution < 1.29 is 23.4 Å². The van der Waals surface area contributed by atoms with Gasteiger partial charge in [-0.15, -0.1) is 0 Å². The molecule has 0 radical (unpaired) electrons. The summed E-state index contributed by atoms with van der Waals surface area (Å²) in [5, 5.41) is 10.4. The molecule has 2 aromatic rings. The molecule has 1 saturated heterocycles. The van der Waals surface area contributed by atoms with Crippen LogP contribution >= 0.6 is 0 Å². The number of nitrogens with zero attached hydrogens (tertiary/aromatic N) is 1. The third-order valence-corrected chi connectivity index (χ3v) is 7.34. The Morgan fingerprint density at radius 1 is 1.15 bits per heavy atom. The third kappa shape index (κ3) is 6.23. The van der Waals surface area contributed by atoms with E-state index in [4.69, 9.17) is 9.84 Å². The molecule has 1 heterocycles. The van der Waals surface area contributed by atoms with Gasteiger partial charge in [-0.1, -0.05) is 31.2 Å². The fourth-order valence-electron chi connectivity index (χ4n) is 5.45. The Balaban J connectivity index is 1.44. The number of halogens is 2. The smallest absolute Gasteiger partial charge is 0.303 e. The molecule has 33 heavy (non-hydrogen) atoms. The van der Waals surface area contributed by atoms with Crippen molar-refractivity contribution in [1.82, 2.24) is 4.90 Å². The van der Waals surface area contributed by atoms with Crippen molar-refractivity contribution in [1.29, 1.82) is 0 Å². The van der Waals surface area contributed by atoms with Crippen LogP contribution in [0.25, 0.3) is 10.8 Å². The minimum absolute atomic E-state index is 0.00483. The first-order chi connectivity index (χ1) is 15.9. The van der Waals surface area contributed by atoms with Gasteiger partial charge in [0.15, 0.2) is 0 Å². The zero-order valence-corrected chi connectivity index (χ0v) is 19.4. The number of piperidine rings is 1. The molecular formula is C27H35F2NO3. The summed E-state index contributed by atoms with van der Waals surface area (Å²) < 4.78 is 34.2. The van der Waals surface area contributed by atoms with Gasteiger partial charge >= 0.3 is 5.97 Å². The molecule has 180 valence electrons. The van der Waals surface area contributed by atoms with E-state index in [9.17, 15) is 13.6 Å². The molecular weight excluding hydrogens is 424 g/mol. The van der Waals surface area contributed by atoms with E-state index in [0.717, 1.165) is 75.5 Å². The van der Waals surface area contributed by atoms with Crippen LogP contribution in [-0.4, -0.2) is 41.7 Å².